The minimum absolute atomic E-state index is 0.00132. The van der Waals surface area contributed by atoms with Crippen LogP contribution in [0.4, 0.5) is 0 Å². The molecular formula is C43H90O5Si4. The molecule has 0 saturated carbocycles. The Hall–Kier alpha value is -0.142. The van der Waals surface area contributed by atoms with Gasteiger partial charge in [-0.3, -0.25) is 0 Å². The molecule has 0 heterocycles. The molecular weight excluding hydrogens is 709 g/mol. The molecule has 0 aliphatic heterocycles. The summed E-state index contributed by atoms with van der Waals surface area (Å²) in [5, 5.41) is 0.424. The number of carbonyl (C=O) groups excluding carboxylic acids is 1. The molecule has 0 bridgehead atoms. The highest BCUT2D eigenvalue weighted by Gasteiger charge is 2.44. The zero-order chi connectivity index (χ0) is 41.5. The van der Waals surface area contributed by atoms with Crippen molar-refractivity contribution < 1.29 is 22.5 Å². The number of rotatable bonds is 20. The van der Waals surface area contributed by atoms with Gasteiger partial charge in [-0.05, 0) is 96.7 Å². The maximum atomic E-state index is 11.7. The molecule has 9 heteroatoms. The van der Waals surface area contributed by atoms with Crippen molar-refractivity contribution in [2.45, 2.75) is 214 Å². The van der Waals surface area contributed by atoms with Crippen LogP contribution in [0.25, 0.3) is 0 Å². The van der Waals surface area contributed by atoms with E-state index < -0.39 is 33.3 Å². The summed E-state index contributed by atoms with van der Waals surface area (Å²) in [6.45, 7) is 56.0. The SMILES string of the molecule is C[C@H](/C=C/CO[Si](C)(C)C(C)(C)C)[C@H](C[C@@H](/C=C\[C@H](C)[C@H](O[Si](C)(C)C(C)(C)C)[C@@H](C)C[C@@H](C)C=O)O[Si](C)(C)C(C)(C)C)O[Si](C)(C)C(C)(C)C. The Kier molecular flexibility index (Phi) is 19.3. The molecule has 0 aromatic rings. The second-order valence-electron chi connectivity index (χ2n) is 22.3. The van der Waals surface area contributed by atoms with Gasteiger partial charge in [0, 0.05) is 12.3 Å². The van der Waals surface area contributed by atoms with Crippen molar-refractivity contribution in [1.29, 1.82) is 0 Å². The summed E-state index contributed by atoms with van der Waals surface area (Å²) < 4.78 is 28.3. The first-order valence-corrected chi connectivity index (χ1v) is 32.0. The Morgan fingerprint density at radius 1 is 0.519 bits per heavy atom. The van der Waals surface area contributed by atoms with Crippen molar-refractivity contribution in [3.63, 3.8) is 0 Å². The first kappa shape index (κ1) is 51.9. The molecule has 0 aromatic heterocycles. The van der Waals surface area contributed by atoms with E-state index in [2.05, 4.69) is 181 Å². The third-order valence-corrected chi connectivity index (χ3v) is 31.2. The van der Waals surface area contributed by atoms with E-state index in [1.807, 2.05) is 6.92 Å². The average molecular weight is 800 g/mol. The lowest BCUT2D eigenvalue weighted by Crippen LogP contribution is -2.48. The minimum Gasteiger partial charge on any atom is -0.413 e. The highest BCUT2D eigenvalue weighted by Crippen LogP contribution is 2.43. The van der Waals surface area contributed by atoms with E-state index in [-0.39, 0.29) is 62.1 Å². The molecule has 0 aliphatic rings. The molecule has 7 atom stereocenters. The predicted molar refractivity (Wildman–Crippen MR) is 240 cm³/mol. The molecule has 52 heavy (non-hydrogen) atoms. The Labute approximate surface area is 329 Å². The van der Waals surface area contributed by atoms with E-state index in [1.54, 1.807) is 0 Å². The van der Waals surface area contributed by atoms with E-state index >= 15 is 0 Å². The van der Waals surface area contributed by atoms with E-state index in [4.69, 9.17) is 17.7 Å². The molecule has 0 amide bonds. The lowest BCUT2D eigenvalue weighted by molar-refractivity contribution is -0.111. The lowest BCUT2D eigenvalue weighted by Gasteiger charge is -2.43. The van der Waals surface area contributed by atoms with Crippen molar-refractivity contribution >= 4 is 39.6 Å². The number of carbonyl (C=O) groups is 1. The second kappa shape index (κ2) is 19.3. The average Bonchev–Trinajstić information content (AvgIpc) is 2.93. The summed E-state index contributed by atoms with van der Waals surface area (Å²) in [6, 6.07) is 0. The zero-order valence-corrected chi connectivity index (χ0v) is 43.1. The normalized spacial score (nSPS) is 19.1. The van der Waals surface area contributed by atoms with Crippen LogP contribution < -0.4 is 0 Å². The van der Waals surface area contributed by atoms with E-state index in [9.17, 15) is 4.79 Å². The van der Waals surface area contributed by atoms with Gasteiger partial charge >= 0.3 is 0 Å². The Morgan fingerprint density at radius 2 is 0.942 bits per heavy atom. The van der Waals surface area contributed by atoms with Crippen LogP contribution >= 0.6 is 0 Å². The van der Waals surface area contributed by atoms with Crippen LogP contribution in [0.15, 0.2) is 24.3 Å². The molecule has 0 aliphatic carbocycles. The van der Waals surface area contributed by atoms with Crippen LogP contribution in [0.1, 0.15) is 124 Å². The number of hydrogen-bond donors (Lipinski definition) is 0. The first-order chi connectivity index (χ1) is 22.9. The van der Waals surface area contributed by atoms with Crippen LogP contribution in [0, 0.1) is 23.7 Å². The van der Waals surface area contributed by atoms with Gasteiger partial charge in [-0.25, -0.2) is 0 Å². The molecule has 0 fully saturated rings. The highest BCUT2D eigenvalue weighted by molar-refractivity contribution is 6.75. The summed E-state index contributed by atoms with van der Waals surface area (Å²) in [6.07, 6.45) is 11.8. The quantitative estimate of drug-likeness (QED) is 0.0697. The van der Waals surface area contributed by atoms with Crippen molar-refractivity contribution in [2.24, 2.45) is 23.7 Å². The van der Waals surface area contributed by atoms with Crippen molar-refractivity contribution in [1.82, 2.24) is 0 Å². The molecule has 5 nitrogen and oxygen atoms in total. The van der Waals surface area contributed by atoms with Crippen molar-refractivity contribution in [2.75, 3.05) is 6.61 Å². The van der Waals surface area contributed by atoms with Gasteiger partial charge < -0.3 is 22.5 Å². The third-order valence-electron chi connectivity index (χ3n) is 13.3. The summed E-state index contributed by atoms with van der Waals surface area (Å²) in [5.74, 6) is 0.578. The molecule has 308 valence electrons. The summed E-state index contributed by atoms with van der Waals surface area (Å²) in [7, 11) is -8.16. The maximum Gasteiger partial charge on any atom is 0.192 e. The standard InChI is InChI=1S/C43H90O5Si4/c1-33(32-44)30-36(4)39(48-52(23,24)43(14,15)16)35(3)27-28-37(46-50(19,20)41(8,9)10)31-38(47-51(21,22)42(11,12)13)34(2)26-25-29-45-49(17,18)40(5,6)7/h25-28,32-39H,29-31H2,1-24H3/b26-25+,28-27-/t33-,34-,35+,36+,37-,38+,39+/m1/s1. The third kappa shape index (κ3) is 16.1. The van der Waals surface area contributed by atoms with E-state index in [0.717, 1.165) is 19.1 Å². The van der Waals surface area contributed by atoms with Gasteiger partial charge in [-0.2, -0.15) is 0 Å². The van der Waals surface area contributed by atoms with Crippen LogP contribution in [-0.4, -0.2) is 64.5 Å². The maximum absolute atomic E-state index is 11.7. The molecule has 0 radical (unpaired) electrons. The van der Waals surface area contributed by atoms with E-state index in [1.165, 1.54) is 0 Å². The summed E-state index contributed by atoms with van der Waals surface area (Å²) in [4.78, 5) is 11.7. The monoisotopic (exact) mass is 799 g/mol. The van der Waals surface area contributed by atoms with Gasteiger partial charge in [0.15, 0.2) is 33.3 Å². The van der Waals surface area contributed by atoms with Crippen LogP contribution in [0.3, 0.4) is 0 Å². The fourth-order valence-corrected chi connectivity index (χ4v) is 10.3. The van der Waals surface area contributed by atoms with Crippen molar-refractivity contribution in [3.05, 3.63) is 24.3 Å². The van der Waals surface area contributed by atoms with E-state index in [0.29, 0.717) is 6.61 Å². The molecule has 0 rings (SSSR count). The van der Waals surface area contributed by atoms with Gasteiger partial charge in [0.05, 0.1) is 24.9 Å². The zero-order valence-electron chi connectivity index (χ0n) is 39.1. The molecule has 0 unspecified atom stereocenters. The largest absolute Gasteiger partial charge is 0.413 e. The second-order valence-corrected chi connectivity index (χ2v) is 41.4. The van der Waals surface area contributed by atoms with Crippen molar-refractivity contribution in [3.8, 4) is 0 Å². The van der Waals surface area contributed by atoms with Crippen LogP contribution in [0.5, 0.6) is 0 Å². The molecule has 0 saturated heterocycles. The van der Waals surface area contributed by atoms with Crippen LogP contribution in [-0.2, 0) is 22.5 Å². The van der Waals surface area contributed by atoms with Gasteiger partial charge in [-0.1, -0.05) is 135 Å². The molecule has 0 spiro atoms. The van der Waals surface area contributed by atoms with Gasteiger partial charge in [0.1, 0.15) is 6.29 Å². The minimum atomic E-state index is -2.14. The summed E-state index contributed by atoms with van der Waals surface area (Å²) >= 11 is 0. The number of hydrogen-bond acceptors (Lipinski definition) is 5. The van der Waals surface area contributed by atoms with Gasteiger partial charge in [-0.15, -0.1) is 0 Å². The highest BCUT2D eigenvalue weighted by atomic mass is 28.4. The Morgan fingerprint density at radius 3 is 1.37 bits per heavy atom. The molecule has 0 N–H and O–H groups in total. The Bertz CT molecular complexity index is 1130. The fourth-order valence-electron chi connectivity index (χ4n) is 5.19. The number of aldehydes is 1. The lowest BCUT2D eigenvalue weighted by atomic mass is 9.86. The fraction of sp³-hybridized carbons (Fsp3) is 0.884. The van der Waals surface area contributed by atoms with Crippen LogP contribution in [0.2, 0.25) is 72.5 Å². The Balaban J connectivity index is 6.95. The smallest absolute Gasteiger partial charge is 0.192 e. The molecule has 0 aromatic carbocycles. The topological polar surface area (TPSA) is 54.0 Å². The van der Waals surface area contributed by atoms with Gasteiger partial charge in [0.2, 0.25) is 0 Å². The summed E-state index contributed by atoms with van der Waals surface area (Å²) in [5.41, 5.74) is 0. The first-order valence-electron chi connectivity index (χ1n) is 20.4. The predicted octanol–water partition coefficient (Wildman–Crippen LogP) is 13.8. The van der Waals surface area contributed by atoms with Gasteiger partial charge in [0.25, 0.3) is 0 Å².